The lowest BCUT2D eigenvalue weighted by Gasteiger charge is -2.40. The Balaban J connectivity index is 1.51. The maximum Gasteiger partial charge on any atom is 0.327 e. The number of hydrogen-bond donors (Lipinski definition) is 0. The minimum Gasteiger partial charge on any atom is -0.338 e. The second kappa shape index (κ2) is 6.70. The summed E-state index contributed by atoms with van der Waals surface area (Å²) in [5, 5.41) is 0. The number of carbonyl (C=O) groups excluding carboxylic acids is 3. The molecule has 1 aromatic heterocycles. The minimum atomic E-state index is -0.828. The van der Waals surface area contributed by atoms with Crippen molar-refractivity contribution in [3.8, 4) is 11.1 Å². The van der Waals surface area contributed by atoms with Crippen LogP contribution in [0.2, 0.25) is 0 Å². The van der Waals surface area contributed by atoms with E-state index < -0.39 is 5.54 Å². The van der Waals surface area contributed by atoms with Gasteiger partial charge in [0.2, 0.25) is 0 Å². The van der Waals surface area contributed by atoms with Crippen LogP contribution in [0.15, 0.2) is 43.0 Å². The van der Waals surface area contributed by atoms with Gasteiger partial charge in [-0.3, -0.25) is 14.5 Å². The summed E-state index contributed by atoms with van der Waals surface area (Å²) in [5.41, 5.74) is 1.47. The molecule has 8 heteroatoms. The van der Waals surface area contributed by atoms with Crippen molar-refractivity contribution in [3.63, 3.8) is 0 Å². The van der Waals surface area contributed by atoms with Crippen LogP contribution < -0.4 is 0 Å². The summed E-state index contributed by atoms with van der Waals surface area (Å²) in [5.74, 6) is -0.264. The van der Waals surface area contributed by atoms with Gasteiger partial charge in [-0.05, 0) is 30.5 Å². The number of likely N-dealkylation sites (tertiary alicyclic amines) is 1. The van der Waals surface area contributed by atoms with E-state index in [-0.39, 0.29) is 17.8 Å². The number of rotatable bonds is 2. The summed E-state index contributed by atoms with van der Waals surface area (Å²) in [6, 6.07) is 7.07. The van der Waals surface area contributed by atoms with E-state index >= 15 is 0 Å². The number of imide groups is 1. The van der Waals surface area contributed by atoms with Gasteiger partial charge < -0.3 is 9.80 Å². The van der Waals surface area contributed by atoms with Crippen LogP contribution in [0.25, 0.3) is 11.1 Å². The number of hydrogen-bond acceptors (Lipinski definition) is 5. The predicted molar refractivity (Wildman–Crippen MR) is 101 cm³/mol. The maximum absolute atomic E-state index is 13.0. The maximum atomic E-state index is 13.0. The lowest BCUT2D eigenvalue weighted by atomic mass is 9.86. The molecule has 8 nitrogen and oxygen atoms in total. The van der Waals surface area contributed by atoms with Crippen LogP contribution in [-0.4, -0.2) is 75.2 Å². The Bertz CT molecular complexity index is 938. The molecule has 0 bridgehead atoms. The highest BCUT2D eigenvalue weighted by Crippen LogP contribution is 2.35. The molecule has 0 aliphatic carbocycles. The summed E-state index contributed by atoms with van der Waals surface area (Å²) in [6.45, 7) is 0.851. The average molecular weight is 379 g/mol. The number of carbonyl (C=O) groups is 3. The van der Waals surface area contributed by atoms with E-state index in [0.29, 0.717) is 31.5 Å². The fourth-order valence-corrected chi connectivity index (χ4v) is 4.04. The van der Waals surface area contributed by atoms with Crippen molar-refractivity contribution >= 4 is 17.8 Å². The molecule has 144 valence electrons. The smallest absolute Gasteiger partial charge is 0.327 e. The number of urea groups is 1. The first-order valence-electron chi connectivity index (χ1n) is 9.15. The molecule has 0 unspecified atom stereocenters. The summed E-state index contributed by atoms with van der Waals surface area (Å²) in [7, 11) is 3.17. The molecule has 2 fully saturated rings. The zero-order valence-corrected chi connectivity index (χ0v) is 15.8. The summed E-state index contributed by atoms with van der Waals surface area (Å²) in [6.07, 6.45) is 5.75. The molecular formula is C20H21N5O3. The predicted octanol–water partition coefficient (Wildman–Crippen LogP) is 1.64. The standard InChI is InChI=1S/C20H21N5O3/c1-23-18(27)20(24(2)19(23)28)6-8-25(9-7-20)17(26)15-5-3-4-14(10-15)16-11-21-13-22-12-16/h3-5,10-13H,6-9H2,1-2H3. The lowest BCUT2D eigenvalue weighted by molar-refractivity contribution is -0.134. The third-order valence-corrected chi connectivity index (χ3v) is 5.80. The molecule has 3 heterocycles. The molecule has 1 spiro atoms. The molecule has 2 aliphatic rings. The largest absolute Gasteiger partial charge is 0.338 e. The van der Waals surface area contributed by atoms with Crippen LogP contribution in [0.5, 0.6) is 0 Å². The van der Waals surface area contributed by atoms with E-state index in [1.807, 2.05) is 18.2 Å². The highest BCUT2D eigenvalue weighted by Gasteiger charge is 2.55. The normalized spacial score (nSPS) is 18.9. The van der Waals surface area contributed by atoms with E-state index in [2.05, 4.69) is 9.97 Å². The highest BCUT2D eigenvalue weighted by atomic mass is 16.2. The Labute approximate surface area is 162 Å². The zero-order valence-electron chi connectivity index (χ0n) is 15.8. The Kier molecular flexibility index (Phi) is 4.33. The lowest BCUT2D eigenvalue weighted by Crippen LogP contribution is -2.56. The molecule has 1 aromatic carbocycles. The summed E-state index contributed by atoms with van der Waals surface area (Å²) < 4.78 is 0. The van der Waals surface area contributed by atoms with Gasteiger partial charge >= 0.3 is 6.03 Å². The van der Waals surface area contributed by atoms with Crippen LogP contribution in [-0.2, 0) is 4.79 Å². The van der Waals surface area contributed by atoms with Crippen molar-refractivity contribution in [2.75, 3.05) is 27.2 Å². The van der Waals surface area contributed by atoms with Crippen LogP contribution >= 0.6 is 0 Å². The van der Waals surface area contributed by atoms with E-state index in [0.717, 1.165) is 11.1 Å². The van der Waals surface area contributed by atoms with Gasteiger partial charge in [-0.15, -0.1) is 0 Å². The van der Waals surface area contributed by atoms with Crippen molar-refractivity contribution in [2.24, 2.45) is 0 Å². The molecule has 0 radical (unpaired) electrons. The molecule has 0 N–H and O–H groups in total. The fraction of sp³-hybridized carbons (Fsp3) is 0.350. The number of likely N-dealkylation sites (N-methyl/N-ethyl adjacent to an activating group) is 2. The van der Waals surface area contributed by atoms with Crippen molar-refractivity contribution < 1.29 is 14.4 Å². The van der Waals surface area contributed by atoms with Gasteiger partial charge in [-0.1, -0.05) is 12.1 Å². The molecule has 4 rings (SSSR count). The van der Waals surface area contributed by atoms with Gasteiger partial charge in [-0.25, -0.2) is 14.8 Å². The van der Waals surface area contributed by atoms with Crippen molar-refractivity contribution in [1.82, 2.24) is 24.7 Å². The van der Waals surface area contributed by atoms with E-state index in [1.165, 1.54) is 23.2 Å². The number of nitrogens with zero attached hydrogens (tertiary/aromatic N) is 5. The molecule has 0 atom stereocenters. The fourth-order valence-electron chi connectivity index (χ4n) is 4.04. The molecular weight excluding hydrogens is 358 g/mol. The Morgan fingerprint density at radius 1 is 1.04 bits per heavy atom. The summed E-state index contributed by atoms with van der Waals surface area (Å²) >= 11 is 0. The van der Waals surface area contributed by atoms with Gasteiger partial charge in [0.15, 0.2) is 0 Å². The van der Waals surface area contributed by atoms with E-state index in [9.17, 15) is 14.4 Å². The molecule has 0 saturated carbocycles. The van der Waals surface area contributed by atoms with E-state index in [4.69, 9.17) is 0 Å². The first-order chi connectivity index (χ1) is 13.4. The number of aromatic nitrogens is 2. The second-order valence-corrected chi connectivity index (χ2v) is 7.24. The quantitative estimate of drug-likeness (QED) is 0.741. The third kappa shape index (κ3) is 2.72. The van der Waals surface area contributed by atoms with Crippen molar-refractivity contribution in [1.29, 1.82) is 0 Å². The monoisotopic (exact) mass is 379 g/mol. The molecule has 28 heavy (non-hydrogen) atoms. The first kappa shape index (κ1) is 18.1. The van der Waals surface area contributed by atoms with Crippen molar-refractivity contribution in [2.45, 2.75) is 18.4 Å². The second-order valence-electron chi connectivity index (χ2n) is 7.24. The number of piperidine rings is 1. The zero-order chi connectivity index (χ0) is 19.9. The van der Waals surface area contributed by atoms with Gasteiger partial charge in [0.1, 0.15) is 11.9 Å². The van der Waals surface area contributed by atoms with Crippen LogP contribution in [0.1, 0.15) is 23.2 Å². The molecule has 2 saturated heterocycles. The Morgan fingerprint density at radius 2 is 1.71 bits per heavy atom. The van der Waals surface area contributed by atoms with Crippen molar-refractivity contribution in [3.05, 3.63) is 48.5 Å². The molecule has 2 aliphatic heterocycles. The summed E-state index contributed by atoms with van der Waals surface area (Å²) in [4.78, 5) is 50.2. The van der Waals surface area contributed by atoms with Gasteiger partial charge in [0.25, 0.3) is 11.8 Å². The number of amides is 4. The number of benzene rings is 1. The van der Waals surface area contributed by atoms with Gasteiger partial charge in [-0.2, -0.15) is 0 Å². The molecule has 4 amide bonds. The molecule has 2 aromatic rings. The highest BCUT2D eigenvalue weighted by molar-refractivity contribution is 6.07. The first-order valence-corrected chi connectivity index (χ1v) is 9.15. The Morgan fingerprint density at radius 3 is 2.32 bits per heavy atom. The van der Waals surface area contributed by atoms with Gasteiger partial charge in [0.05, 0.1) is 0 Å². The van der Waals surface area contributed by atoms with E-state index in [1.54, 1.807) is 30.4 Å². The minimum absolute atomic E-state index is 0.0821. The topological polar surface area (TPSA) is 86.7 Å². The Hall–Kier alpha value is -3.29. The van der Waals surface area contributed by atoms with Crippen LogP contribution in [0.3, 0.4) is 0 Å². The van der Waals surface area contributed by atoms with Crippen LogP contribution in [0.4, 0.5) is 4.79 Å². The third-order valence-electron chi connectivity index (χ3n) is 5.80. The SMILES string of the molecule is CN1C(=O)N(C)C2(CCN(C(=O)c3cccc(-c4cncnc4)c3)CC2)C1=O. The average Bonchev–Trinajstić information content (AvgIpc) is 2.90. The van der Waals surface area contributed by atoms with Gasteiger partial charge in [0, 0.05) is 50.7 Å². The van der Waals surface area contributed by atoms with Crippen LogP contribution in [0, 0.1) is 0 Å².